The lowest BCUT2D eigenvalue weighted by atomic mass is 10.1. The molecular formula is C15H24N2OSi. The van der Waals surface area contributed by atoms with Crippen LogP contribution in [0.4, 0.5) is 0 Å². The van der Waals surface area contributed by atoms with E-state index in [2.05, 4.69) is 56.6 Å². The van der Waals surface area contributed by atoms with Crippen molar-refractivity contribution >= 4 is 20.1 Å². The molecule has 0 bridgehead atoms. The summed E-state index contributed by atoms with van der Waals surface area (Å²) in [7, 11) is -0.942. The van der Waals surface area contributed by atoms with Gasteiger partial charge in [0.15, 0.2) is 9.04 Å². The molecule has 0 spiro atoms. The van der Waals surface area contributed by atoms with E-state index in [-0.39, 0.29) is 5.54 Å². The first-order valence-corrected chi connectivity index (χ1v) is 9.76. The predicted molar refractivity (Wildman–Crippen MR) is 83.3 cm³/mol. The van der Waals surface area contributed by atoms with Crippen molar-refractivity contribution in [2.45, 2.75) is 45.8 Å². The van der Waals surface area contributed by atoms with Gasteiger partial charge >= 0.3 is 0 Å². The zero-order valence-corrected chi connectivity index (χ0v) is 13.8. The molecule has 0 aliphatic rings. The molecule has 0 unspecified atom stereocenters. The van der Waals surface area contributed by atoms with Gasteiger partial charge in [-0.2, -0.15) is 0 Å². The largest absolute Gasteiger partial charge is 0.420 e. The molecule has 0 saturated carbocycles. The van der Waals surface area contributed by atoms with E-state index in [0.717, 1.165) is 24.4 Å². The van der Waals surface area contributed by atoms with Crippen molar-refractivity contribution in [3.63, 3.8) is 0 Å². The minimum atomic E-state index is -0.942. The fourth-order valence-electron chi connectivity index (χ4n) is 2.38. The maximum absolute atomic E-state index is 5.79. The van der Waals surface area contributed by atoms with Crippen LogP contribution in [0, 0.1) is 0 Å². The SMILES string of the molecule is C[SiH](C)OCCc1nc2ccccc2n1C(C)(C)C. The zero-order chi connectivity index (χ0) is 14.0. The lowest BCUT2D eigenvalue weighted by Gasteiger charge is -2.24. The number of para-hydroxylation sites is 2. The Bertz CT molecular complexity index is 555. The van der Waals surface area contributed by atoms with Crippen LogP contribution in [-0.4, -0.2) is 25.2 Å². The molecule has 19 heavy (non-hydrogen) atoms. The second kappa shape index (κ2) is 5.47. The van der Waals surface area contributed by atoms with E-state index < -0.39 is 9.04 Å². The van der Waals surface area contributed by atoms with Crippen molar-refractivity contribution in [1.82, 2.24) is 9.55 Å². The Morgan fingerprint density at radius 3 is 2.53 bits per heavy atom. The molecule has 0 N–H and O–H groups in total. The predicted octanol–water partition coefficient (Wildman–Crippen LogP) is 3.33. The van der Waals surface area contributed by atoms with Gasteiger partial charge in [0.25, 0.3) is 0 Å². The Hall–Kier alpha value is -1.13. The van der Waals surface area contributed by atoms with Crippen LogP contribution in [0.1, 0.15) is 26.6 Å². The smallest absolute Gasteiger partial charge is 0.170 e. The van der Waals surface area contributed by atoms with Gasteiger partial charge in [0.2, 0.25) is 0 Å². The second-order valence-corrected chi connectivity index (χ2v) is 8.62. The van der Waals surface area contributed by atoms with Crippen LogP contribution in [0.15, 0.2) is 24.3 Å². The van der Waals surface area contributed by atoms with Gasteiger partial charge in [0.05, 0.1) is 11.0 Å². The van der Waals surface area contributed by atoms with Gasteiger partial charge in [-0.3, -0.25) is 0 Å². The molecule has 1 aromatic carbocycles. The summed E-state index contributed by atoms with van der Waals surface area (Å²) in [5.74, 6) is 1.13. The maximum atomic E-state index is 5.79. The summed E-state index contributed by atoms with van der Waals surface area (Å²) in [6, 6.07) is 8.35. The first-order valence-electron chi connectivity index (χ1n) is 6.98. The molecule has 3 nitrogen and oxygen atoms in total. The number of benzene rings is 1. The fourth-order valence-corrected chi connectivity index (χ4v) is 2.97. The molecule has 0 atom stereocenters. The fraction of sp³-hybridized carbons (Fsp3) is 0.533. The summed E-state index contributed by atoms with van der Waals surface area (Å²) in [4.78, 5) is 4.77. The lowest BCUT2D eigenvalue weighted by molar-refractivity contribution is 0.316. The third-order valence-corrected chi connectivity index (χ3v) is 3.98. The van der Waals surface area contributed by atoms with Crippen LogP contribution in [0.5, 0.6) is 0 Å². The van der Waals surface area contributed by atoms with Crippen LogP contribution in [0.25, 0.3) is 11.0 Å². The third kappa shape index (κ3) is 3.25. The van der Waals surface area contributed by atoms with Gasteiger partial charge < -0.3 is 8.99 Å². The molecule has 0 amide bonds. The normalized spacial score (nSPS) is 12.5. The van der Waals surface area contributed by atoms with Crippen LogP contribution in [0.3, 0.4) is 0 Å². The van der Waals surface area contributed by atoms with E-state index in [1.807, 2.05) is 6.07 Å². The molecule has 0 saturated heterocycles. The minimum Gasteiger partial charge on any atom is -0.420 e. The molecule has 2 aromatic rings. The molecule has 4 heteroatoms. The molecule has 0 aliphatic carbocycles. The van der Waals surface area contributed by atoms with Crippen LogP contribution in [0.2, 0.25) is 13.1 Å². The standard InChI is InChI=1S/C15H24N2OSi/c1-15(2,3)17-13-9-7-6-8-12(13)16-14(17)10-11-18-19(4)5/h6-9,19H,10-11H2,1-5H3. The van der Waals surface area contributed by atoms with E-state index in [9.17, 15) is 0 Å². The molecule has 0 fully saturated rings. The first-order chi connectivity index (χ1) is 8.89. The average molecular weight is 276 g/mol. The summed E-state index contributed by atoms with van der Waals surface area (Å²) in [6.45, 7) is 11.9. The molecule has 0 radical (unpaired) electrons. The van der Waals surface area contributed by atoms with Crippen molar-refractivity contribution in [1.29, 1.82) is 0 Å². The van der Waals surface area contributed by atoms with Crippen LogP contribution < -0.4 is 0 Å². The van der Waals surface area contributed by atoms with Gasteiger partial charge in [0, 0.05) is 18.6 Å². The summed E-state index contributed by atoms with van der Waals surface area (Å²) in [6.07, 6.45) is 0.886. The summed E-state index contributed by atoms with van der Waals surface area (Å²) in [5, 5.41) is 0. The van der Waals surface area contributed by atoms with Gasteiger partial charge in [0.1, 0.15) is 5.82 Å². The van der Waals surface area contributed by atoms with E-state index in [1.165, 1.54) is 5.52 Å². The molecule has 1 aromatic heterocycles. The second-order valence-electron chi connectivity index (χ2n) is 6.19. The van der Waals surface area contributed by atoms with Crippen molar-refractivity contribution < 1.29 is 4.43 Å². The van der Waals surface area contributed by atoms with E-state index >= 15 is 0 Å². The number of fused-ring (bicyclic) bond motifs is 1. The molecular weight excluding hydrogens is 252 g/mol. The van der Waals surface area contributed by atoms with Crippen molar-refractivity contribution in [3.05, 3.63) is 30.1 Å². The minimum absolute atomic E-state index is 0.0424. The highest BCUT2D eigenvalue weighted by molar-refractivity contribution is 6.48. The topological polar surface area (TPSA) is 27.1 Å². The Morgan fingerprint density at radius 2 is 1.89 bits per heavy atom. The first kappa shape index (κ1) is 14.3. The summed E-state index contributed by atoms with van der Waals surface area (Å²) >= 11 is 0. The molecule has 104 valence electrons. The quantitative estimate of drug-likeness (QED) is 0.801. The third-order valence-electron chi connectivity index (χ3n) is 3.08. The van der Waals surface area contributed by atoms with Gasteiger partial charge in [-0.15, -0.1) is 0 Å². The Labute approximate surface area is 117 Å². The number of hydrogen-bond acceptors (Lipinski definition) is 2. The highest BCUT2D eigenvalue weighted by Crippen LogP contribution is 2.25. The van der Waals surface area contributed by atoms with Crippen molar-refractivity contribution in [2.24, 2.45) is 0 Å². The van der Waals surface area contributed by atoms with Crippen molar-refractivity contribution in [3.8, 4) is 0 Å². The maximum Gasteiger partial charge on any atom is 0.170 e. The number of imidazole rings is 1. The monoisotopic (exact) mass is 276 g/mol. The van der Waals surface area contributed by atoms with Crippen molar-refractivity contribution in [2.75, 3.05) is 6.61 Å². The molecule has 1 heterocycles. The number of aromatic nitrogens is 2. The number of rotatable bonds is 4. The average Bonchev–Trinajstić information content (AvgIpc) is 2.66. The van der Waals surface area contributed by atoms with Gasteiger partial charge in [-0.1, -0.05) is 12.1 Å². The van der Waals surface area contributed by atoms with E-state index in [1.54, 1.807) is 0 Å². The Morgan fingerprint density at radius 1 is 1.21 bits per heavy atom. The van der Waals surface area contributed by atoms with Crippen LogP contribution >= 0.6 is 0 Å². The molecule has 2 rings (SSSR count). The lowest BCUT2D eigenvalue weighted by Crippen LogP contribution is -2.25. The van der Waals surface area contributed by atoms with E-state index in [4.69, 9.17) is 9.41 Å². The molecule has 0 aliphatic heterocycles. The number of nitrogens with zero attached hydrogens (tertiary/aromatic N) is 2. The summed E-state index contributed by atoms with van der Waals surface area (Å²) < 4.78 is 8.14. The van der Waals surface area contributed by atoms with E-state index in [0.29, 0.717) is 0 Å². The Balaban J connectivity index is 2.36. The van der Waals surface area contributed by atoms with Crippen LogP contribution in [-0.2, 0) is 16.4 Å². The van der Waals surface area contributed by atoms with Gasteiger partial charge in [-0.25, -0.2) is 4.98 Å². The van der Waals surface area contributed by atoms with Gasteiger partial charge in [-0.05, 0) is 46.0 Å². The highest BCUT2D eigenvalue weighted by Gasteiger charge is 2.20. The highest BCUT2D eigenvalue weighted by atomic mass is 28.3. The zero-order valence-electron chi connectivity index (χ0n) is 12.6. The number of hydrogen-bond donors (Lipinski definition) is 0. The Kier molecular flexibility index (Phi) is 4.11. The summed E-state index contributed by atoms with van der Waals surface area (Å²) in [5.41, 5.74) is 2.33.